The van der Waals surface area contributed by atoms with Crippen molar-refractivity contribution in [3.8, 4) is 12.1 Å². The lowest BCUT2D eigenvalue weighted by Gasteiger charge is -2.32. The average molecular weight is 333 g/mol. The Hall–Kier alpha value is -3.00. The lowest BCUT2D eigenvalue weighted by Crippen LogP contribution is -2.43. The minimum Gasteiger partial charge on any atom is -0.304 e. The third-order valence-corrected chi connectivity index (χ3v) is 4.24. The zero-order valence-electron chi connectivity index (χ0n) is 14.1. The molecule has 0 unspecified atom stereocenters. The number of anilines is 1. The third-order valence-electron chi connectivity index (χ3n) is 4.24. The van der Waals surface area contributed by atoms with E-state index >= 15 is 0 Å². The van der Waals surface area contributed by atoms with E-state index in [9.17, 15) is 0 Å². The Kier molecular flexibility index (Phi) is 5.20. The number of fused-ring (bicyclic) bond motifs is 1. The van der Waals surface area contributed by atoms with Gasteiger partial charge in [-0.15, -0.1) is 0 Å². The molecule has 1 aromatic heterocycles. The molecule has 7 nitrogen and oxygen atoms in total. The van der Waals surface area contributed by atoms with Gasteiger partial charge in [-0.1, -0.05) is 6.07 Å². The predicted molar refractivity (Wildman–Crippen MR) is 96.8 cm³/mol. The molecule has 1 fully saturated rings. The van der Waals surface area contributed by atoms with Crippen molar-refractivity contribution >= 4 is 22.3 Å². The monoisotopic (exact) mass is 333 g/mol. The highest BCUT2D eigenvalue weighted by Gasteiger charge is 2.14. The normalized spacial score (nSPS) is 15.3. The average Bonchev–Trinajstić information content (AvgIpc) is 2.64. The molecule has 0 amide bonds. The van der Waals surface area contributed by atoms with Crippen LogP contribution in [-0.2, 0) is 6.54 Å². The van der Waals surface area contributed by atoms with Crippen molar-refractivity contribution in [2.45, 2.75) is 6.54 Å². The van der Waals surface area contributed by atoms with Crippen molar-refractivity contribution in [1.82, 2.24) is 14.8 Å². The van der Waals surface area contributed by atoms with Gasteiger partial charge in [0.25, 0.3) is 0 Å². The van der Waals surface area contributed by atoms with Gasteiger partial charge in [0.05, 0.1) is 16.9 Å². The van der Waals surface area contributed by atoms with Gasteiger partial charge in [0.2, 0.25) is 5.71 Å². The van der Waals surface area contributed by atoms with Crippen molar-refractivity contribution in [3.05, 3.63) is 36.0 Å². The Morgan fingerprint density at radius 1 is 1.16 bits per heavy atom. The maximum absolute atomic E-state index is 8.70. The third kappa shape index (κ3) is 4.30. The van der Waals surface area contributed by atoms with Crippen LogP contribution in [0.1, 0.15) is 5.69 Å². The number of aromatic nitrogens is 1. The zero-order valence-corrected chi connectivity index (χ0v) is 14.1. The maximum atomic E-state index is 8.70. The van der Waals surface area contributed by atoms with E-state index in [1.54, 1.807) is 12.1 Å². The van der Waals surface area contributed by atoms with Crippen molar-refractivity contribution in [3.63, 3.8) is 0 Å². The van der Waals surface area contributed by atoms with E-state index in [2.05, 4.69) is 27.4 Å². The Balaban J connectivity index is 1.72. The molecule has 0 saturated carbocycles. The van der Waals surface area contributed by atoms with Gasteiger partial charge in [-0.3, -0.25) is 15.3 Å². The van der Waals surface area contributed by atoms with Gasteiger partial charge in [0.1, 0.15) is 12.1 Å². The van der Waals surface area contributed by atoms with Gasteiger partial charge in [-0.2, -0.15) is 15.6 Å². The molecule has 0 bridgehead atoms. The molecule has 3 rings (SSSR count). The molecule has 1 aliphatic heterocycles. The fourth-order valence-electron chi connectivity index (χ4n) is 2.76. The highest BCUT2D eigenvalue weighted by Crippen LogP contribution is 2.19. The first-order valence-electron chi connectivity index (χ1n) is 8.12. The molecule has 126 valence electrons. The van der Waals surface area contributed by atoms with Crippen LogP contribution in [0.25, 0.3) is 10.9 Å². The molecule has 1 aromatic carbocycles. The molecular formula is C18H19N7. The number of nitrogens with zero attached hydrogens (tertiary/aromatic N) is 6. The molecule has 0 radical (unpaired) electrons. The Labute approximate surface area is 146 Å². The number of nitrogens with one attached hydrogen (secondary N) is 1. The number of piperazine rings is 1. The van der Waals surface area contributed by atoms with Crippen molar-refractivity contribution in [2.75, 3.05) is 38.7 Å². The summed E-state index contributed by atoms with van der Waals surface area (Å²) in [5.41, 5.74) is 5.21. The molecule has 25 heavy (non-hydrogen) atoms. The molecule has 2 heterocycles. The minimum absolute atomic E-state index is 0.208. The van der Waals surface area contributed by atoms with Crippen LogP contribution >= 0.6 is 0 Å². The number of pyridine rings is 1. The van der Waals surface area contributed by atoms with E-state index in [4.69, 9.17) is 15.5 Å². The van der Waals surface area contributed by atoms with Crippen LogP contribution in [0.15, 0.2) is 35.4 Å². The quantitative estimate of drug-likeness (QED) is 0.677. The van der Waals surface area contributed by atoms with E-state index in [-0.39, 0.29) is 5.71 Å². The molecule has 7 heteroatoms. The molecular weight excluding hydrogens is 314 g/mol. The summed E-state index contributed by atoms with van der Waals surface area (Å²) >= 11 is 0. The Morgan fingerprint density at radius 2 is 1.92 bits per heavy atom. The lowest BCUT2D eigenvalue weighted by atomic mass is 10.1. The SMILES string of the molecule is CN1CCN(Cc2ccc3cc(NN=C(C#N)C#N)ccc3n2)CC1. The Morgan fingerprint density at radius 3 is 2.64 bits per heavy atom. The van der Waals surface area contributed by atoms with E-state index in [0.717, 1.165) is 49.3 Å². The van der Waals surface area contributed by atoms with Crippen molar-refractivity contribution < 1.29 is 0 Å². The second-order valence-corrected chi connectivity index (χ2v) is 6.09. The second kappa shape index (κ2) is 7.71. The summed E-state index contributed by atoms with van der Waals surface area (Å²) in [6.45, 7) is 5.18. The summed E-state index contributed by atoms with van der Waals surface area (Å²) in [5, 5.41) is 22.1. The van der Waals surface area contributed by atoms with Gasteiger partial charge >= 0.3 is 0 Å². The van der Waals surface area contributed by atoms with Crippen LogP contribution in [0.4, 0.5) is 5.69 Å². The number of hydrogen-bond donors (Lipinski definition) is 1. The van der Waals surface area contributed by atoms with Crippen LogP contribution < -0.4 is 5.43 Å². The molecule has 0 atom stereocenters. The van der Waals surface area contributed by atoms with Gasteiger partial charge < -0.3 is 4.90 Å². The largest absolute Gasteiger partial charge is 0.304 e. The van der Waals surface area contributed by atoms with Crippen LogP contribution in [0.2, 0.25) is 0 Å². The first-order valence-corrected chi connectivity index (χ1v) is 8.12. The smallest absolute Gasteiger partial charge is 0.237 e. The fraction of sp³-hybridized carbons (Fsp3) is 0.333. The molecule has 1 aliphatic rings. The van der Waals surface area contributed by atoms with Gasteiger partial charge in [-0.25, -0.2) is 0 Å². The number of benzene rings is 1. The molecule has 0 aliphatic carbocycles. The summed E-state index contributed by atoms with van der Waals surface area (Å²) in [4.78, 5) is 9.49. The highest BCUT2D eigenvalue weighted by atomic mass is 15.3. The topological polar surface area (TPSA) is 91.3 Å². The first-order chi connectivity index (χ1) is 12.2. The number of hydrazone groups is 1. The molecule has 1 N–H and O–H groups in total. The number of rotatable bonds is 4. The van der Waals surface area contributed by atoms with E-state index in [1.807, 2.05) is 30.3 Å². The van der Waals surface area contributed by atoms with E-state index in [0.29, 0.717) is 5.69 Å². The second-order valence-electron chi connectivity index (χ2n) is 6.09. The summed E-state index contributed by atoms with van der Waals surface area (Å²) < 4.78 is 0. The first kappa shape index (κ1) is 16.8. The predicted octanol–water partition coefficient (Wildman–Crippen LogP) is 1.80. The van der Waals surface area contributed by atoms with Crippen LogP contribution in [0, 0.1) is 22.7 Å². The standard InChI is InChI=1S/C18H19N7/c1-24-6-8-25(9-7-24)13-16-3-2-14-10-15(4-5-18(14)21-16)22-23-17(11-19)12-20/h2-5,10,22H,6-9,13H2,1H3. The van der Waals surface area contributed by atoms with Crippen LogP contribution in [0.5, 0.6) is 0 Å². The minimum atomic E-state index is -0.208. The van der Waals surface area contributed by atoms with Gasteiger partial charge in [0.15, 0.2) is 0 Å². The fourth-order valence-corrected chi connectivity index (χ4v) is 2.76. The summed E-state index contributed by atoms with van der Waals surface area (Å²) in [7, 11) is 2.15. The van der Waals surface area contributed by atoms with Gasteiger partial charge in [0, 0.05) is 38.1 Å². The maximum Gasteiger partial charge on any atom is 0.237 e. The summed E-state index contributed by atoms with van der Waals surface area (Å²) in [5.74, 6) is 0. The van der Waals surface area contributed by atoms with Gasteiger partial charge in [-0.05, 0) is 31.3 Å². The van der Waals surface area contributed by atoms with Crippen LogP contribution in [0.3, 0.4) is 0 Å². The van der Waals surface area contributed by atoms with E-state index < -0.39 is 0 Å². The van der Waals surface area contributed by atoms with E-state index in [1.165, 1.54) is 0 Å². The lowest BCUT2D eigenvalue weighted by molar-refractivity contribution is 0.147. The summed E-state index contributed by atoms with van der Waals surface area (Å²) in [6.07, 6.45) is 0. The van der Waals surface area contributed by atoms with Crippen LogP contribution in [-0.4, -0.2) is 53.7 Å². The molecule has 1 saturated heterocycles. The highest BCUT2D eigenvalue weighted by molar-refractivity contribution is 6.10. The molecule has 2 aromatic rings. The van der Waals surface area contributed by atoms with Crippen molar-refractivity contribution in [2.24, 2.45) is 5.10 Å². The Bertz CT molecular complexity index is 851. The zero-order chi connectivity index (χ0) is 17.6. The van der Waals surface area contributed by atoms with Crippen molar-refractivity contribution in [1.29, 1.82) is 10.5 Å². The number of nitriles is 2. The number of hydrogen-bond acceptors (Lipinski definition) is 7. The molecule has 0 spiro atoms. The summed E-state index contributed by atoms with van der Waals surface area (Å²) in [6, 6.07) is 13.2. The number of likely N-dealkylation sites (N-methyl/N-ethyl adjacent to an activating group) is 1.